The number of ether oxygens (including phenoxy) is 4. The highest BCUT2D eigenvalue weighted by Crippen LogP contribution is 2.33. The van der Waals surface area contributed by atoms with Gasteiger partial charge in [-0.15, -0.1) is 0 Å². The average molecular weight is 571 g/mol. The fraction of sp³-hybridized carbons (Fsp3) is 0.562. The van der Waals surface area contributed by atoms with Crippen LogP contribution in [-0.4, -0.2) is 113 Å². The molecule has 9 nitrogen and oxygen atoms in total. The van der Waals surface area contributed by atoms with Crippen molar-refractivity contribution >= 4 is 33.5 Å². The average Bonchev–Trinajstić information content (AvgIpc) is 3.33. The lowest BCUT2D eigenvalue weighted by Crippen LogP contribution is -2.52. The third kappa shape index (κ3) is 7.41. The molecular weight excluding hydrogens is 524 g/mol. The van der Waals surface area contributed by atoms with Gasteiger partial charge in [-0.05, 0) is 64.1 Å². The minimum atomic E-state index is -0.788. The van der Waals surface area contributed by atoms with Crippen LogP contribution in [0.4, 0.5) is 0 Å². The molecule has 0 saturated heterocycles. The highest BCUT2D eigenvalue weighted by atomic mass is 16.5. The lowest BCUT2D eigenvalue weighted by molar-refractivity contribution is 0.0415. The summed E-state index contributed by atoms with van der Waals surface area (Å²) in [5.41, 5.74) is 0.901. The van der Waals surface area contributed by atoms with Crippen molar-refractivity contribution in [3.63, 3.8) is 0 Å². The lowest BCUT2D eigenvalue weighted by Gasteiger charge is -2.37. The second-order valence-corrected chi connectivity index (χ2v) is 11.2. The molecule has 0 aliphatic heterocycles. The Labute approximate surface area is 243 Å². The molecule has 0 aliphatic rings. The van der Waals surface area contributed by atoms with E-state index in [0.717, 1.165) is 10.8 Å². The van der Waals surface area contributed by atoms with E-state index in [9.17, 15) is 9.59 Å². The van der Waals surface area contributed by atoms with Crippen LogP contribution in [-0.2, 0) is 18.9 Å². The molecule has 0 unspecified atom stereocenters. The SMILES string of the molecule is COCCN(CCOC)C(C)(C)C(=O)c1ccc2oc3ccc(C(=O)C(C)(C)N(CCOC)CCOC)cc3c2c1. The van der Waals surface area contributed by atoms with Crippen molar-refractivity contribution in [1.29, 1.82) is 0 Å². The molecule has 0 atom stereocenters. The molecule has 1 aromatic heterocycles. The standard InChI is InChI=1S/C32H46N2O7/c1-31(2,33(13-17-37-5)14-18-38-6)29(35)23-9-11-27-25(21-23)26-22-24(10-12-28(26)41-27)30(36)32(3,4)34(15-19-39-7)16-20-40-8/h9-12,21-22H,13-20H2,1-8H3. The van der Waals surface area contributed by atoms with Gasteiger partial charge in [0, 0.05) is 76.5 Å². The van der Waals surface area contributed by atoms with Gasteiger partial charge in [-0.2, -0.15) is 0 Å². The van der Waals surface area contributed by atoms with E-state index in [2.05, 4.69) is 9.80 Å². The first kappa shape index (κ1) is 32.8. The molecule has 0 N–H and O–H groups in total. The molecule has 0 bridgehead atoms. The second-order valence-electron chi connectivity index (χ2n) is 11.2. The van der Waals surface area contributed by atoms with Gasteiger partial charge in [0.2, 0.25) is 0 Å². The number of hydrogen-bond acceptors (Lipinski definition) is 9. The minimum Gasteiger partial charge on any atom is -0.456 e. The van der Waals surface area contributed by atoms with Gasteiger partial charge in [-0.25, -0.2) is 0 Å². The van der Waals surface area contributed by atoms with E-state index in [0.29, 0.717) is 74.9 Å². The number of carbonyl (C=O) groups is 2. The van der Waals surface area contributed by atoms with Gasteiger partial charge >= 0.3 is 0 Å². The van der Waals surface area contributed by atoms with Crippen LogP contribution in [0, 0.1) is 0 Å². The fourth-order valence-corrected chi connectivity index (χ4v) is 5.20. The van der Waals surface area contributed by atoms with Crippen LogP contribution in [0.1, 0.15) is 48.4 Å². The summed E-state index contributed by atoms with van der Waals surface area (Å²) in [7, 11) is 6.60. The van der Waals surface area contributed by atoms with E-state index in [-0.39, 0.29) is 11.6 Å². The van der Waals surface area contributed by atoms with E-state index in [1.165, 1.54) is 0 Å². The van der Waals surface area contributed by atoms with Gasteiger partial charge in [0.1, 0.15) is 11.2 Å². The van der Waals surface area contributed by atoms with Crippen molar-refractivity contribution < 1.29 is 33.0 Å². The summed E-state index contributed by atoms with van der Waals surface area (Å²) < 4.78 is 27.2. The number of methoxy groups -OCH3 is 4. The predicted molar refractivity (Wildman–Crippen MR) is 161 cm³/mol. The number of furan rings is 1. The molecule has 0 radical (unpaired) electrons. The molecule has 9 heteroatoms. The first-order valence-electron chi connectivity index (χ1n) is 14.0. The van der Waals surface area contributed by atoms with Crippen LogP contribution in [0.25, 0.3) is 21.9 Å². The normalized spacial score (nSPS) is 12.7. The van der Waals surface area contributed by atoms with Crippen molar-refractivity contribution in [2.24, 2.45) is 0 Å². The first-order valence-corrected chi connectivity index (χ1v) is 14.0. The summed E-state index contributed by atoms with van der Waals surface area (Å²) in [6.07, 6.45) is 0. The Hall–Kier alpha value is -2.66. The Kier molecular flexibility index (Phi) is 11.6. The summed E-state index contributed by atoms with van der Waals surface area (Å²) in [5, 5.41) is 1.59. The summed E-state index contributed by atoms with van der Waals surface area (Å²) >= 11 is 0. The quantitative estimate of drug-likeness (QED) is 0.202. The molecule has 0 spiro atoms. The first-order chi connectivity index (χ1) is 19.5. The molecule has 226 valence electrons. The summed E-state index contributed by atoms with van der Waals surface area (Å²) in [6, 6.07) is 11.0. The maximum absolute atomic E-state index is 13.9. The Balaban J connectivity index is 1.99. The van der Waals surface area contributed by atoms with E-state index in [1.54, 1.807) is 40.6 Å². The number of benzene rings is 2. The molecule has 0 aliphatic carbocycles. The number of Topliss-reactive ketones (excluding diaryl/α,β-unsaturated/α-hetero) is 2. The van der Waals surface area contributed by atoms with E-state index in [1.807, 2.05) is 52.0 Å². The zero-order valence-corrected chi connectivity index (χ0v) is 25.9. The fourth-order valence-electron chi connectivity index (χ4n) is 5.20. The van der Waals surface area contributed by atoms with E-state index < -0.39 is 11.1 Å². The zero-order valence-electron chi connectivity index (χ0n) is 25.9. The largest absolute Gasteiger partial charge is 0.456 e. The van der Waals surface area contributed by atoms with E-state index in [4.69, 9.17) is 23.4 Å². The van der Waals surface area contributed by atoms with Crippen molar-refractivity contribution in [2.45, 2.75) is 38.8 Å². The molecule has 0 saturated carbocycles. The van der Waals surface area contributed by atoms with Crippen molar-refractivity contribution in [3.8, 4) is 0 Å². The van der Waals surface area contributed by atoms with Gasteiger partial charge in [-0.3, -0.25) is 19.4 Å². The zero-order chi connectivity index (χ0) is 30.2. The Morgan fingerprint density at radius 1 is 0.610 bits per heavy atom. The molecule has 41 heavy (non-hydrogen) atoms. The predicted octanol–water partition coefficient (Wildman–Crippen LogP) is 4.70. The van der Waals surface area contributed by atoms with Crippen LogP contribution in [0.2, 0.25) is 0 Å². The maximum Gasteiger partial charge on any atom is 0.182 e. The Morgan fingerprint density at radius 3 is 1.22 bits per heavy atom. The molecule has 0 amide bonds. The number of nitrogens with zero attached hydrogens (tertiary/aromatic N) is 2. The molecule has 1 heterocycles. The second kappa shape index (κ2) is 14.5. The maximum atomic E-state index is 13.9. The molecular formula is C32H46N2O7. The molecule has 0 fully saturated rings. The number of fused-ring (bicyclic) bond motifs is 3. The van der Waals surface area contributed by atoms with Gasteiger partial charge in [0.15, 0.2) is 11.6 Å². The summed E-state index contributed by atoms with van der Waals surface area (Å²) in [5.74, 6) is -0.0255. The van der Waals surface area contributed by atoms with Crippen molar-refractivity contribution in [3.05, 3.63) is 47.5 Å². The van der Waals surface area contributed by atoms with Crippen LogP contribution in [0.5, 0.6) is 0 Å². The Morgan fingerprint density at radius 2 is 0.927 bits per heavy atom. The van der Waals surface area contributed by atoms with Crippen LogP contribution in [0.3, 0.4) is 0 Å². The Bertz CT molecular complexity index is 1200. The third-order valence-corrected chi connectivity index (χ3v) is 7.95. The van der Waals surface area contributed by atoms with Crippen LogP contribution >= 0.6 is 0 Å². The van der Waals surface area contributed by atoms with Gasteiger partial charge in [-0.1, -0.05) is 0 Å². The van der Waals surface area contributed by atoms with Gasteiger partial charge < -0.3 is 23.4 Å². The lowest BCUT2D eigenvalue weighted by atomic mass is 9.89. The number of hydrogen-bond donors (Lipinski definition) is 0. The molecule has 3 aromatic rings. The monoisotopic (exact) mass is 570 g/mol. The van der Waals surface area contributed by atoms with Crippen molar-refractivity contribution in [1.82, 2.24) is 9.80 Å². The number of carbonyl (C=O) groups excluding carboxylic acids is 2. The molecule has 2 aromatic carbocycles. The summed E-state index contributed by atoms with van der Waals surface area (Å²) in [4.78, 5) is 31.9. The number of rotatable bonds is 18. The van der Waals surface area contributed by atoms with E-state index >= 15 is 0 Å². The topological polar surface area (TPSA) is 90.7 Å². The van der Waals surface area contributed by atoms with Crippen molar-refractivity contribution in [2.75, 3.05) is 81.0 Å². The highest BCUT2D eigenvalue weighted by Gasteiger charge is 2.36. The minimum absolute atomic E-state index is 0.0127. The van der Waals surface area contributed by atoms with Crippen LogP contribution in [0.15, 0.2) is 40.8 Å². The highest BCUT2D eigenvalue weighted by molar-refractivity contribution is 6.13. The third-order valence-electron chi connectivity index (χ3n) is 7.95. The smallest absolute Gasteiger partial charge is 0.182 e. The van der Waals surface area contributed by atoms with Gasteiger partial charge in [0.25, 0.3) is 0 Å². The summed E-state index contributed by atoms with van der Waals surface area (Å²) in [6.45, 7) is 12.1. The van der Waals surface area contributed by atoms with Gasteiger partial charge in [0.05, 0.1) is 37.5 Å². The number of ketones is 2. The van der Waals surface area contributed by atoms with Crippen LogP contribution < -0.4 is 0 Å². The molecule has 3 rings (SSSR count).